The van der Waals surface area contributed by atoms with Crippen molar-refractivity contribution in [2.45, 2.75) is 13.3 Å². The summed E-state index contributed by atoms with van der Waals surface area (Å²) >= 11 is 12.1. The molecular weight excluding hydrogens is 389 g/mol. The standard InChI is InChI=1S/C20H17Cl2NO4/c1-3-8-26-17-7-4-12(10-18(17)25-2)9-16-20(24)27-19(23-16)14-6-5-13(21)11-15(14)22/h4-7,9-11H,3,8H2,1-2H3/b16-9-. The third-order valence-corrected chi connectivity index (χ3v) is 4.28. The zero-order chi connectivity index (χ0) is 19.4. The topological polar surface area (TPSA) is 57.1 Å². The van der Waals surface area contributed by atoms with E-state index in [0.717, 1.165) is 12.0 Å². The number of cyclic esters (lactones) is 1. The van der Waals surface area contributed by atoms with Gasteiger partial charge in [-0.25, -0.2) is 9.79 Å². The summed E-state index contributed by atoms with van der Waals surface area (Å²) in [7, 11) is 1.56. The predicted molar refractivity (Wildman–Crippen MR) is 106 cm³/mol. The molecule has 0 radical (unpaired) electrons. The van der Waals surface area contributed by atoms with E-state index in [-0.39, 0.29) is 11.6 Å². The number of esters is 1. The highest BCUT2D eigenvalue weighted by Crippen LogP contribution is 2.30. The molecule has 1 heterocycles. The zero-order valence-electron chi connectivity index (χ0n) is 14.8. The lowest BCUT2D eigenvalue weighted by Gasteiger charge is -2.10. The normalized spacial score (nSPS) is 14.9. The van der Waals surface area contributed by atoms with Crippen LogP contribution >= 0.6 is 23.2 Å². The number of hydrogen-bond donors (Lipinski definition) is 0. The molecule has 0 N–H and O–H groups in total. The Morgan fingerprint density at radius 3 is 2.67 bits per heavy atom. The third-order valence-electron chi connectivity index (χ3n) is 3.73. The van der Waals surface area contributed by atoms with Gasteiger partial charge in [-0.3, -0.25) is 0 Å². The minimum absolute atomic E-state index is 0.141. The van der Waals surface area contributed by atoms with Crippen LogP contribution in [0.3, 0.4) is 0 Å². The van der Waals surface area contributed by atoms with E-state index in [9.17, 15) is 4.79 Å². The monoisotopic (exact) mass is 405 g/mol. The average Bonchev–Trinajstić information content (AvgIpc) is 3.00. The van der Waals surface area contributed by atoms with E-state index in [2.05, 4.69) is 4.99 Å². The van der Waals surface area contributed by atoms with Crippen LogP contribution in [0, 0.1) is 0 Å². The van der Waals surface area contributed by atoms with Gasteiger partial charge in [-0.05, 0) is 48.4 Å². The summed E-state index contributed by atoms with van der Waals surface area (Å²) in [6, 6.07) is 10.3. The second-order valence-electron chi connectivity index (χ2n) is 5.72. The molecule has 1 aliphatic heterocycles. The van der Waals surface area contributed by atoms with E-state index in [1.54, 1.807) is 43.5 Å². The Morgan fingerprint density at radius 1 is 1.15 bits per heavy atom. The van der Waals surface area contributed by atoms with Gasteiger partial charge >= 0.3 is 5.97 Å². The molecule has 3 rings (SSSR count). The van der Waals surface area contributed by atoms with Crippen molar-refractivity contribution < 1.29 is 19.0 Å². The number of halogens is 2. The van der Waals surface area contributed by atoms with Gasteiger partial charge in [-0.2, -0.15) is 0 Å². The van der Waals surface area contributed by atoms with Crippen molar-refractivity contribution in [3.63, 3.8) is 0 Å². The van der Waals surface area contributed by atoms with Crippen molar-refractivity contribution in [3.8, 4) is 11.5 Å². The lowest BCUT2D eigenvalue weighted by atomic mass is 10.1. The lowest BCUT2D eigenvalue weighted by Crippen LogP contribution is -2.05. The Bertz CT molecular complexity index is 938. The number of carbonyl (C=O) groups is 1. The minimum Gasteiger partial charge on any atom is -0.493 e. The highest BCUT2D eigenvalue weighted by Gasteiger charge is 2.25. The summed E-state index contributed by atoms with van der Waals surface area (Å²) in [5, 5.41) is 0.844. The van der Waals surface area contributed by atoms with Gasteiger partial charge in [0.15, 0.2) is 17.2 Å². The van der Waals surface area contributed by atoms with Crippen molar-refractivity contribution in [3.05, 3.63) is 63.3 Å². The van der Waals surface area contributed by atoms with E-state index in [4.69, 9.17) is 37.4 Å². The lowest BCUT2D eigenvalue weighted by molar-refractivity contribution is -0.129. The van der Waals surface area contributed by atoms with Gasteiger partial charge in [0.25, 0.3) is 0 Å². The molecule has 5 nitrogen and oxygen atoms in total. The Morgan fingerprint density at radius 2 is 1.96 bits per heavy atom. The summed E-state index contributed by atoms with van der Waals surface area (Å²) in [5.41, 5.74) is 1.40. The van der Waals surface area contributed by atoms with Gasteiger partial charge in [-0.1, -0.05) is 36.2 Å². The summed E-state index contributed by atoms with van der Waals surface area (Å²) in [6.07, 6.45) is 2.51. The number of rotatable bonds is 6. The zero-order valence-corrected chi connectivity index (χ0v) is 16.3. The largest absolute Gasteiger partial charge is 0.493 e. The summed E-state index contributed by atoms with van der Waals surface area (Å²) < 4.78 is 16.2. The van der Waals surface area contributed by atoms with Crippen LogP contribution in [0.15, 0.2) is 47.1 Å². The number of benzene rings is 2. The molecule has 2 aromatic rings. The van der Waals surface area contributed by atoms with Gasteiger partial charge in [0.1, 0.15) is 0 Å². The maximum Gasteiger partial charge on any atom is 0.363 e. The van der Waals surface area contributed by atoms with E-state index >= 15 is 0 Å². The van der Waals surface area contributed by atoms with Crippen molar-refractivity contribution >= 4 is 41.1 Å². The fourth-order valence-electron chi connectivity index (χ4n) is 2.45. The summed E-state index contributed by atoms with van der Waals surface area (Å²) in [6.45, 7) is 2.62. The van der Waals surface area contributed by atoms with Gasteiger partial charge in [0.2, 0.25) is 5.90 Å². The number of carbonyl (C=O) groups excluding carboxylic acids is 1. The molecule has 0 atom stereocenters. The van der Waals surface area contributed by atoms with E-state index in [1.165, 1.54) is 0 Å². The van der Waals surface area contributed by atoms with Crippen LogP contribution in [-0.2, 0) is 9.53 Å². The number of methoxy groups -OCH3 is 1. The van der Waals surface area contributed by atoms with Crippen molar-refractivity contribution in [2.24, 2.45) is 4.99 Å². The smallest absolute Gasteiger partial charge is 0.363 e. The first-order valence-corrected chi connectivity index (χ1v) is 9.06. The molecule has 0 saturated carbocycles. The second kappa shape index (κ2) is 8.46. The van der Waals surface area contributed by atoms with E-state index in [1.807, 2.05) is 13.0 Å². The van der Waals surface area contributed by atoms with Crippen LogP contribution in [0.25, 0.3) is 6.08 Å². The number of nitrogens with zero attached hydrogens (tertiary/aromatic N) is 1. The molecule has 1 aliphatic rings. The number of ether oxygens (including phenoxy) is 3. The molecule has 0 fully saturated rings. The fourth-order valence-corrected chi connectivity index (χ4v) is 2.94. The van der Waals surface area contributed by atoms with Crippen molar-refractivity contribution in [1.29, 1.82) is 0 Å². The first kappa shape index (κ1) is 19.3. The molecule has 27 heavy (non-hydrogen) atoms. The third kappa shape index (κ3) is 4.43. The Hall–Kier alpha value is -2.50. The highest BCUT2D eigenvalue weighted by atomic mass is 35.5. The maximum absolute atomic E-state index is 12.2. The van der Waals surface area contributed by atoms with Gasteiger partial charge in [-0.15, -0.1) is 0 Å². The Balaban J connectivity index is 1.90. The average molecular weight is 406 g/mol. The molecule has 0 spiro atoms. The van der Waals surface area contributed by atoms with E-state index in [0.29, 0.717) is 33.7 Å². The van der Waals surface area contributed by atoms with Gasteiger partial charge in [0, 0.05) is 5.02 Å². The molecule has 0 saturated heterocycles. The van der Waals surface area contributed by atoms with Crippen LogP contribution in [0.5, 0.6) is 11.5 Å². The van der Waals surface area contributed by atoms with E-state index < -0.39 is 5.97 Å². The first-order chi connectivity index (χ1) is 13.0. The van der Waals surface area contributed by atoms with Crippen LogP contribution in [0.4, 0.5) is 0 Å². The van der Waals surface area contributed by atoms with Crippen LogP contribution in [-0.4, -0.2) is 25.6 Å². The molecule has 0 bridgehead atoms. The molecular formula is C20H17Cl2NO4. The van der Waals surface area contributed by atoms with Crippen molar-refractivity contribution in [1.82, 2.24) is 0 Å². The molecule has 7 heteroatoms. The number of hydrogen-bond acceptors (Lipinski definition) is 5. The molecule has 0 aliphatic carbocycles. The molecule has 0 aromatic heterocycles. The van der Waals surface area contributed by atoms with Crippen LogP contribution < -0.4 is 9.47 Å². The maximum atomic E-state index is 12.2. The Kier molecular flexibility index (Phi) is 6.04. The quantitative estimate of drug-likeness (QED) is 0.493. The summed E-state index contributed by atoms with van der Waals surface area (Å²) in [5.74, 6) is 0.811. The van der Waals surface area contributed by atoms with Crippen LogP contribution in [0.1, 0.15) is 24.5 Å². The second-order valence-corrected chi connectivity index (χ2v) is 6.56. The van der Waals surface area contributed by atoms with Crippen molar-refractivity contribution in [2.75, 3.05) is 13.7 Å². The summed E-state index contributed by atoms with van der Waals surface area (Å²) in [4.78, 5) is 16.4. The molecule has 2 aromatic carbocycles. The molecule has 140 valence electrons. The number of aliphatic imine (C=N–C) groups is 1. The fraction of sp³-hybridized carbons (Fsp3) is 0.200. The van der Waals surface area contributed by atoms with Gasteiger partial charge in [0.05, 0.1) is 24.3 Å². The van der Waals surface area contributed by atoms with Crippen LogP contribution in [0.2, 0.25) is 10.0 Å². The SMILES string of the molecule is CCCOc1ccc(/C=C2\N=C(c3ccc(Cl)cc3Cl)OC2=O)cc1OC. The predicted octanol–water partition coefficient (Wildman–Crippen LogP) is 5.14. The van der Waals surface area contributed by atoms with Gasteiger partial charge < -0.3 is 14.2 Å². The Labute approximate surface area is 167 Å². The molecule has 0 amide bonds. The highest BCUT2D eigenvalue weighted by molar-refractivity contribution is 6.37. The minimum atomic E-state index is -0.554. The first-order valence-electron chi connectivity index (χ1n) is 8.30. The molecule has 0 unspecified atom stereocenters.